The van der Waals surface area contributed by atoms with Gasteiger partial charge in [0.2, 0.25) is 0 Å². The number of carbonyl (C=O) groups excluding carboxylic acids is 1. The van der Waals surface area contributed by atoms with Gasteiger partial charge in [-0.2, -0.15) is 0 Å². The molecule has 0 saturated heterocycles. The van der Waals surface area contributed by atoms with Crippen LogP contribution in [0.5, 0.6) is 0 Å². The SMILES string of the molecule is CNC(C)c1cc(C(=O)NCCc2ccc(C3=NCCN3)cc2)co1. The zero-order valence-corrected chi connectivity index (χ0v) is 14.6. The molecule has 1 aliphatic rings. The Morgan fingerprint density at radius 1 is 1.36 bits per heavy atom. The summed E-state index contributed by atoms with van der Waals surface area (Å²) in [7, 11) is 1.85. The zero-order valence-electron chi connectivity index (χ0n) is 14.6. The minimum absolute atomic E-state index is 0.0824. The lowest BCUT2D eigenvalue weighted by Crippen LogP contribution is -2.25. The van der Waals surface area contributed by atoms with E-state index in [-0.39, 0.29) is 11.9 Å². The van der Waals surface area contributed by atoms with E-state index in [0.717, 1.165) is 36.7 Å². The molecular weight excluding hydrogens is 316 g/mol. The number of hydrogen-bond donors (Lipinski definition) is 3. The first-order valence-electron chi connectivity index (χ1n) is 8.59. The van der Waals surface area contributed by atoms with Gasteiger partial charge in [-0.3, -0.25) is 9.79 Å². The van der Waals surface area contributed by atoms with E-state index < -0.39 is 0 Å². The van der Waals surface area contributed by atoms with Crippen molar-refractivity contribution in [2.24, 2.45) is 4.99 Å². The molecule has 0 bridgehead atoms. The third-order valence-electron chi connectivity index (χ3n) is 4.34. The Balaban J connectivity index is 1.49. The third-order valence-corrected chi connectivity index (χ3v) is 4.34. The topological polar surface area (TPSA) is 78.7 Å². The van der Waals surface area contributed by atoms with Crippen molar-refractivity contribution in [2.75, 3.05) is 26.7 Å². The maximum Gasteiger partial charge on any atom is 0.254 e. The van der Waals surface area contributed by atoms with Gasteiger partial charge in [-0.25, -0.2) is 0 Å². The van der Waals surface area contributed by atoms with Crippen molar-refractivity contribution in [3.63, 3.8) is 0 Å². The van der Waals surface area contributed by atoms with Crippen molar-refractivity contribution < 1.29 is 9.21 Å². The maximum atomic E-state index is 12.2. The van der Waals surface area contributed by atoms with E-state index in [4.69, 9.17) is 4.42 Å². The largest absolute Gasteiger partial charge is 0.467 e. The molecule has 0 radical (unpaired) electrons. The third kappa shape index (κ3) is 4.28. The Labute approximate surface area is 147 Å². The van der Waals surface area contributed by atoms with E-state index in [2.05, 4.69) is 45.2 Å². The van der Waals surface area contributed by atoms with Crippen molar-refractivity contribution in [1.82, 2.24) is 16.0 Å². The van der Waals surface area contributed by atoms with E-state index in [1.807, 2.05) is 14.0 Å². The van der Waals surface area contributed by atoms with Crippen molar-refractivity contribution in [3.8, 4) is 0 Å². The van der Waals surface area contributed by atoms with Gasteiger partial charge in [0.15, 0.2) is 0 Å². The molecule has 0 aliphatic carbocycles. The van der Waals surface area contributed by atoms with E-state index >= 15 is 0 Å². The van der Waals surface area contributed by atoms with Gasteiger partial charge < -0.3 is 20.4 Å². The summed E-state index contributed by atoms with van der Waals surface area (Å²) < 4.78 is 5.42. The van der Waals surface area contributed by atoms with E-state index in [1.165, 1.54) is 11.8 Å². The Morgan fingerprint density at radius 2 is 2.16 bits per heavy atom. The molecule has 3 N–H and O–H groups in total. The highest BCUT2D eigenvalue weighted by molar-refractivity contribution is 5.99. The van der Waals surface area contributed by atoms with Gasteiger partial charge in [0.1, 0.15) is 17.9 Å². The minimum atomic E-state index is -0.112. The summed E-state index contributed by atoms with van der Waals surface area (Å²) in [5.41, 5.74) is 2.84. The highest BCUT2D eigenvalue weighted by Gasteiger charge is 2.13. The summed E-state index contributed by atoms with van der Waals surface area (Å²) in [4.78, 5) is 16.6. The van der Waals surface area contributed by atoms with Crippen LogP contribution in [0.4, 0.5) is 0 Å². The molecule has 25 heavy (non-hydrogen) atoms. The Hall–Kier alpha value is -2.60. The quantitative estimate of drug-likeness (QED) is 0.719. The highest BCUT2D eigenvalue weighted by atomic mass is 16.3. The number of amides is 1. The molecule has 1 amide bonds. The summed E-state index contributed by atoms with van der Waals surface area (Å²) in [6.07, 6.45) is 2.28. The first-order chi connectivity index (χ1) is 12.2. The maximum absolute atomic E-state index is 12.2. The van der Waals surface area contributed by atoms with Crippen molar-refractivity contribution in [1.29, 1.82) is 0 Å². The second-order valence-corrected chi connectivity index (χ2v) is 6.11. The molecule has 1 aliphatic heterocycles. The van der Waals surface area contributed by atoms with Gasteiger partial charge in [0, 0.05) is 18.7 Å². The van der Waals surface area contributed by atoms with Gasteiger partial charge in [-0.05, 0) is 32.0 Å². The number of nitrogens with zero attached hydrogens (tertiary/aromatic N) is 1. The predicted octanol–water partition coefficient (Wildman–Crippen LogP) is 1.88. The lowest BCUT2D eigenvalue weighted by molar-refractivity contribution is 0.0953. The Morgan fingerprint density at radius 3 is 2.84 bits per heavy atom. The molecule has 2 aromatic rings. The molecule has 1 aromatic heterocycles. The van der Waals surface area contributed by atoms with Gasteiger partial charge in [0.05, 0.1) is 18.2 Å². The number of furan rings is 1. The highest BCUT2D eigenvalue weighted by Crippen LogP contribution is 2.15. The molecule has 1 unspecified atom stereocenters. The number of nitrogens with one attached hydrogen (secondary N) is 3. The van der Waals surface area contributed by atoms with Crippen molar-refractivity contribution in [3.05, 3.63) is 59.0 Å². The number of benzene rings is 1. The standard InChI is InChI=1S/C19H24N4O2/c1-13(20-2)17-11-16(12-25-17)19(24)23-8-7-14-3-5-15(6-4-14)18-21-9-10-22-18/h3-6,11-13,20H,7-10H2,1-2H3,(H,21,22)(H,23,24). The van der Waals surface area contributed by atoms with Gasteiger partial charge >= 0.3 is 0 Å². The van der Waals surface area contributed by atoms with Crippen LogP contribution in [0, 0.1) is 0 Å². The molecule has 2 heterocycles. The fraction of sp³-hybridized carbons (Fsp3) is 0.368. The second-order valence-electron chi connectivity index (χ2n) is 6.11. The lowest BCUT2D eigenvalue weighted by atomic mass is 10.1. The molecule has 1 atom stereocenters. The number of hydrogen-bond acceptors (Lipinski definition) is 5. The van der Waals surface area contributed by atoms with Crippen LogP contribution < -0.4 is 16.0 Å². The molecule has 6 heteroatoms. The number of amidine groups is 1. The van der Waals surface area contributed by atoms with Crippen molar-refractivity contribution >= 4 is 11.7 Å². The molecule has 0 saturated carbocycles. The van der Waals surface area contributed by atoms with Crippen LogP contribution in [-0.2, 0) is 6.42 Å². The van der Waals surface area contributed by atoms with Crippen LogP contribution in [-0.4, -0.2) is 38.4 Å². The Kier molecular flexibility index (Phi) is 5.50. The molecular formula is C19H24N4O2. The van der Waals surface area contributed by atoms with E-state index in [9.17, 15) is 4.79 Å². The summed E-state index contributed by atoms with van der Waals surface area (Å²) in [5, 5.41) is 9.28. The fourth-order valence-electron chi connectivity index (χ4n) is 2.68. The van der Waals surface area contributed by atoms with E-state index in [1.54, 1.807) is 6.07 Å². The summed E-state index contributed by atoms with van der Waals surface area (Å²) >= 11 is 0. The monoisotopic (exact) mass is 340 g/mol. The fourth-order valence-corrected chi connectivity index (χ4v) is 2.68. The van der Waals surface area contributed by atoms with Crippen LogP contribution in [0.25, 0.3) is 0 Å². The number of aliphatic imine (C=N–C) groups is 1. The zero-order chi connectivity index (χ0) is 17.6. The van der Waals surface area contributed by atoms with Crippen LogP contribution in [0.1, 0.15) is 40.2 Å². The molecule has 0 spiro atoms. The predicted molar refractivity (Wildman–Crippen MR) is 98.1 cm³/mol. The second kappa shape index (κ2) is 7.98. The van der Waals surface area contributed by atoms with Crippen LogP contribution in [0.15, 0.2) is 46.0 Å². The van der Waals surface area contributed by atoms with Gasteiger partial charge in [-0.15, -0.1) is 0 Å². The average Bonchev–Trinajstić information content (AvgIpc) is 3.33. The van der Waals surface area contributed by atoms with Gasteiger partial charge in [0.25, 0.3) is 5.91 Å². The number of rotatable bonds is 7. The summed E-state index contributed by atoms with van der Waals surface area (Å²) in [6, 6.07) is 10.1. The van der Waals surface area contributed by atoms with Crippen LogP contribution in [0.2, 0.25) is 0 Å². The van der Waals surface area contributed by atoms with Crippen LogP contribution >= 0.6 is 0 Å². The molecule has 6 nitrogen and oxygen atoms in total. The molecule has 1 aromatic carbocycles. The van der Waals surface area contributed by atoms with Crippen LogP contribution in [0.3, 0.4) is 0 Å². The normalized spacial score (nSPS) is 14.7. The molecule has 3 rings (SSSR count). The first-order valence-corrected chi connectivity index (χ1v) is 8.59. The van der Waals surface area contributed by atoms with Gasteiger partial charge in [-0.1, -0.05) is 24.3 Å². The smallest absolute Gasteiger partial charge is 0.254 e. The first kappa shape index (κ1) is 17.2. The summed E-state index contributed by atoms with van der Waals surface area (Å²) in [6.45, 7) is 4.31. The lowest BCUT2D eigenvalue weighted by Gasteiger charge is -2.06. The molecule has 132 valence electrons. The average molecular weight is 340 g/mol. The van der Waals surface area contributed by atoms with E-state index in [0.29, 0.717) is 12.1 Å². The summed E-state index contributed by atoms with van der Waals surface area (Å²) in [5.74, 6) is 1.61. The minimum Gasteiger partial charge on any atom is -0.467 e. The van der Waals surface area contributed by atoms with Crippen molar-refractivity contribution in [2.45, 2.75) is 19.4 Å². The number of carbonyl (C=O) groups is 1. The Bertz CT molecular complexity index is 749. The molecule has 0 fully saturated rings.